The van der Waals surface area contributed by atoms with Gasteiger partial charge in [0, 0.05) is 39.8 Å². The second kappa shape index (κ2) is 34.4. The number of rotatable bonds is 33. The summed E-state index contributed by atoms with van der Waals surface area (Å²) in [7, 11) is 0. The molecule has 0 saturated carbocycles. The van der Waals surface area contributed by atoms with Gasteiger partial charge in [0.1, 0.15) is 34.1 Å². The first-order valence-electron chi connectivity index (χ1n) is 28.0. The number of carbonyl (C=O) groups is 4. The van der Waals surface area contributed by atoms with Crippen LogP contribution in [0, 0.1) is 23.7 Å². The van der Waals surface area contributed by atoms with E-state index in [2.05, 4.69) is 36.8 Å². The minimum absolute atomic E-state index is 0.295. The highest BCUT2D eigenvalue weighted by molar-refractivity contribution is 5.94. The van der Waals surface area contributed by atoms with Gasteiger partial charge in [-0.2, -0.15) is 0 Å². The molecule has 0 aliphatic rings. The van der Waals surface area contributed by atoms with Gasteiger partial charge in [-0.05, 0) is 191 Å². The van der Waals surface area contributed by atoms with Crippen molar-refractivity contribution < 1.29 is 57.1 Å². The zero-order valence-corrected chi connectivity index (χ0v) is 46.4. The first-order chi connectivity index (χ1) is 39.2. The molecule has 12 nitrogen and oxygen atoms in total. The molecule has 0 atom stereocenters. The third-order valence-corrected chi connectivity index (χ3v) is 12.6. The van der Waals surface area contributed by atoms with E-state index in [1.165, 1.54) is 12.2 Å². The molecule has 6 rings (SSSR count). The summed E-state index contributed by atoms with van der Waals surface area (Å²) in [5, 5.41) is 4.09. The number of carbonyl (C=O) groups excluding carboxylic acids is 4. The van der Waals surface area contributed by atoms with E-state index in [1.807, 2.05) is 98.8 Å². The maximum atomic E-state index is 13.2. The Morgan fingerprint density at radius 2 is 0.800 bits per heavy atom. The highest BCUT2D eigenvalue weighted by Crippen LogP contribution is 2.28. The molecule has 6 aromatic carbocycles. The van der Waals surface area contributed by atoms with E-state index < -0.39 is 17.9 Å². The van der Waals surface area contributed by atoms with E-state index in [0.717, 1.165) is 121 Å². The summed E-state index contributed by atoms with van der Waals surface area (Å²) < 4.78 is 45.6. The van der Waals surface area contributed by atoms with Crippen LogP contribution in [0.15, 0.2) is 135 Å². The first-order valence-corrected chi connectivity index (χ1v) is 28.0. The van der Waals surface area contributed by atoms with E-state index in [9.17, 15) is 19.2 Å². The Labute approximate surface area is 471 Å². The van der Waals surface area contributed by atoms with Gasteiger partial charge in [0.25, 0.3) is 0 Å². The molecule has 6 aromatic rings. The number of hydrogen-bond acceptors (Lipinski definition) is 12. The topological polar surface area (TPSA) is 142 Å². The zero-order chi connectivity index (χ0) is 56.6. The van der Waals surface area contributed by atoms with Gasteiger partial charge < -0.3 is 37.9 Å². The molecular formula is C68H74O12. The van der Waals surface area contributed by atoms with Crippen molar-refractivity contribution in [1.29, 1.82) is 0 Å². The fraction of sp³-hybridized carbons (Fsp3) is 0.353. The molecule has 0 heterocycles. The lowest BCUT2D eigenvalue weighted by molar-refractivity contribution is -0.138. The lowest BCUT2D eigenvalue weighted by Crippen LogP contribution is -2.10. The number of hydrogen-bond donors (Lipinski definition) is 0. The van der Waals surface area contributed by atoms with Crippen molar-refractivity contribution in [1.82, 2.24) is 0 Å². The Hall–Kier alpha value is -8.48. The Bertz CT molecular complexity index is 3150. The molecular weight excluding hydrogens is 1010 g/mol. The van der Waals surface area contributed by atoms with Crippen molar-refractivity contribution in [2.75, 3.05) is 52.9 Å². The highest BCUT2D eigenvalue weighted by atomic mass is 16.5. The van der Waals surface area contributed by atoms with Gasteiger partial charge in [-0.1, -0.05) is 75.0 Å². The van der Waals surface area contributed by atoms with Gasteiger partial charge in [-0.25, -0.2) is 19.2 Å². The van der Waals surface area contributed by atoms with Crippen LogP contribution in [0.2, 0.25) is 0 Å². The van der Waals surface area contributed by atoms with Crippen LogP contribution in [0.5, 0.6) is 23.0 Å². The minimum Gasteiger partial charge on any atom is -0.494 e. The van der Waals surface area contributed by atoms with Crippen molar-refractivity contribution >= 4 is 45.4 Å². The molecule has 0 fully saturated rings. The molecule has 0 amide bonds. The minimum atomic E-state index is -0.456. The number of esters is 4. The lowest BCUT2D eigenvalue weighted by Gasteiger charge is -2.13. The van der Waals surface area contributed by atoms with E-state index >= 15 is 0 Å². The number of benzene rings is 6. The molecule has 0 bridgehead atoms. The molecule has 0 N–H and O–H groups in total. The summed E-state index contributed by atoms with van der Waals surface area (Å²) in [5.74, 6) is 13.8. The Morgan fingerprint density at radius 3 is 1.30 bits per heavy atom. The monoisotopic (exact) mass is 1080 g/mol. The average molecular weight is 1080 g/mol. The van der Waals surface area contributed by atoms with Crippen molar-refractivity contribution in [2.45, 2.75) is 104 Å². The molecule has 0 saturated heterocycles. The highest BCUT2D eigenvalue weighted by Gasteiger charge is 2.17. The smallest absolute Gasteiger partial charge is 0.341 e. The number of fused-ring (bicyclic) bond motifs is 2. The predicted octanol–water partition coefficient (Wildman–Crippen LogP) is 14.3. The Balaban J connectivity index is 0.957. The zero-order valence-electron chi connectivity index (χ0n) is 46.4. The summed E-state index contributed by atoms with van der Waals surface area (Å²) >= 11 is 0. The summed E-state index contributed by atoms with van der Waals surface area (Å²) in [5.41, 5.74) is 3.65. The van der Waals surface area contributed by atoms with Crippen LogP contribution in [0.3, 0.4) is 0 Å². The second-order valence-electron chi connectivity index (χ2n) is 19.0. The van der Waals surface area contributed by atoms with Crippen molar-refractivity contribution in [3.05, 3.63) is 168 Å². The van der Waals surface area contributed by atoms with Crippen molar-refractivity contribution in [2.24, 2.45) is 0 Å². The van der Waals surface area contributed by atoms with Gasteiger partial charge >= 0.3 is 23.9 Å². The first kappa shape index (κ1) is 60.7. The predicted molar refractivity (Wildman–Crippen MR) is 314 cm³/mol. The molecule has 80 heavy (non-hydrogen) atoms. The molecule has 0 aromatic heterocycles. The Morgan fingerprint density at radius 1 is 0.388 bits per heavy atom. The fourth-order valence-corrected chi connectivity index (χ4v) is 8.34. The summed E-state index contributed by atoms with van der Waals surface area (Å²) in [6, 6.07) is 34.7. The molecule has 0 unspecified atom stereocenters. The standard InChI is InChI=1S/C68H74O12/c1-5-38-79-67(71)60-48-53(26-24-51-28-32-56-50-58(34-33-55(56)46-51)73-40-15-9-13-19-44-77-65(69)7-3)30-36-63(60)75-42-17-10-11-18-43-76-64-37-31-54(49-61(64)68(72)80-39-6-2)27-25-52-29-35-59-57(47-52)22-21-23-62(59)74-41-16-12-14-20-45-78-66(70)8-4/h7-8,21-23,28-37,46-50H,3-6,9-20,38-45H2,1-2H3. The third kappa shape index (κ3) is 20.7. The molecule has 0 aliphatic heterocycles. The van der Waals surface area contributed by atoms with Gasteiger partial charge in [0.15, 0.2) is 0 Å². The van der Waals surface area contributed by atoms with Gasteiger partial charge in [-0.15, -0.1) is 0 Å². The molecule has 0 aliphatic carbocycles. The molecule has 0 radical (unpaired) electrons. The summed E-state index contributed by atoms with van der Waals surface area (Å²) in [6.45, 7) is 14.1. The van der Waals surface area contributed by atoms with Crippen LogP contribution >= 0.6 is 0 Å². The average Bonchev–Trinajstić information content (AvgIpc) is 3.49. The summed E-state index contributed by atoms with van der Waals surface area (Å²) in [4.78, 5) is 48.8. The van der Waals surface area contributed by atoms with E-state index in [1.54, 1.807) is 24.3 Å². The number of ether oxygens (including phenoxy) is 8. The second-order valence-corrected chi connectivity index (χ2v) is 19.0. The van der Waals surface area contributed by atoms with Gasteiger partial charge in [0.2, 0.25) is 0 Å². The van der Waals surface area contributed by atoms with Crippen molar-refractivity contribution in [3.63, 3.8) is 0 Å². The maximum Gasteiger partial charge on any atom is 0.341 e. The maximum absolute atomic E-state index is 13.2. The molecule has 12 heteroatoms. The van der Waals surface area contributed by atoms with Crippen molar-refractivity contribution in [3.8, 4) is 46.7 Å². The number of unbranched alkanes of at least 4 members (excludes halogenated alkanes) is 9. The fourth-order valence-electron chi connectivity index (χ4n) is 8.34. The van der Waals surface area contributed by atoms with Crippen LogP contribution < -0.4 is 18.9 Å². The molecule has 418 valence electrons. The Kier molecular flexibility index (Phi) is 26.1. The van der Waals surface area contributed by atoms with Crippen LogP contribution in [-0.2, 0) is 28.5 Å². The molecule has 0 spiro atoms. The van der Waals surface area contributed by atoms with Gasteiger partial charge in [0.05, 0.1) is 52.9 Å². The van der Waals surface area contributed by atoms with E-state index in [-0.39, 0.29) is 5.97 Å². The third-order valence-electron chi connectivity index (χ3n) is 12.6. The normalized spacial score (nSPS) is 10.6. The van der Waals surface area contributed by atoms with Crippen LogP contribution in [0.1, 0.15) is 147 Å². The lowest BCUT2D eigenvalue weighted by atomic mass is 10.1. The van der Waals surface area contributed by atoms with E-state index in [0.29, 0.717) is 99.4 Å². The van der Waals surface area contributed by atoms with Crippen LogP contribution in [0.25, 0.3) is 21.5 Å². The van der Waals surface area contributed by atoms with Gasteiger partial charge in [-0.3, -0.25) is 0 Å². The quantitative estimate of drug-likeness (QED) is 0.0127. The van der Waals surface area contributed by atoms with Crippen LogP contribution in [0.4, 0.5) is 0 Å². The SMILES string of the molecule is C=CC(=O)OCCCCCCOc1ccc2cc(C#Cc3ccc(OCCCCCCOc4ccc(C#Cc5ccc6c(OCCCCCCOC(=O)C=C)cccc6c5)cc4C(=O)OCCC)c(C(=O)OCCC)c3)ccc2c1. The largest absolute Gasteiger partial charge is 0.494 e. The van der Waals surface area contributed by atoms with E-state index in [4.69, 9.17) is 37.9 Å². The summed E-state index contributed by atoms with van der Waals surface area (Å²) in [6.07, 6.45) is 14.3. The van der Waals surface area contributed by atoms with Crippen LogP contribution in [-0.4, -0.2) is 76.7 Å².